The van der Waals surface area contributed by atoms with Gasteiger partial charge in [0.15, 0.2) is 0 Å². The number of allylic oxidation sites excluding steroid dienone is 2. The third kappa shape index (κ3) is 2.67. The highest BCUT2D eigenvalue weighted by Gasteiger charge is 2.28. The first kappa shape index (κ1) is 13.1. The lowest BCUT2D eigenvalue weighted by Crippen LogP contribution is -2.21. The molecular weight excluding hydrogens is 264 g/mol. The van der Waals surface area contributed by atoms with E-state index in [1.807, 2.05) is 36.4 Å². The molecule has 0 unspecified atom stereocenters. The van der Waals surface area contributed by atoms with Gasteiger partial charge in [-0.25, -0.2) is 9.59 Å². The topological polar surface area (TPSA) is 43.4 Å². The number of hydrogen-bond donors (Lipinski definition) is 0. The van der Waals surface area contributed by atoms with Crippen LogP contribution in [0.5, 0.6) is 0 Å². The first-order valence-electron chi connectivity index (χ1n) is 6.55. The van der Waals surface area contributed by atoms with Gasteiger partial charge in [0.05, 0.1) is 11.1 Å². The highest BCUT2D eigenvalue weighted by molar-refractivity contribution is 6.26. The van der Waals surface area contributed by atoms with E-state index in [4.69, 9.17) is 4.74 Å². The Hall–Kier alpha value is -2.94. The first-order valence-corrected chi connectivity index (χ1v) is 6.55. The van der Waals surface area contributed by atoms with Crippen LogP contribution in [0.15, 0.2) is 66.7 Å². The summed E-state index contributed by atoms with van der Waals surface area (Å²) >= 11 is 0. The molecule has 0 atom stereocenters. The first-order chi connectivity index (χ1) is 10.3. The molecule has 0 N–H and O–H groups in total. The van der Waals surface area contributed by atoms with E-state index >= 15 is 0 Å². The van der Waals surface area contributed by atoms with Crippen molar-refractivity contribution < 1.29 is 14.3 Å². The molecule has 3 nitrogen and oxygen atoms in total. The Morgan fingerprint density at radius 1 is 0.762 bits per heavy atom. The zero-order valence-electron chi connectivity index (χ0n) is 11.2. The van der Waals surface area contributed by atoms with Crippen molar-refractivity contribution in [2.75, 3.05) is 0 Å². The van der Waals surface area contributed by atoms with Crippen molar-refractivity contribution in [3.05, 3.63) is 83.4 Å². The fourth-order valence-electron chi connectivity index (χ4n) is 2.18. The number of hydrogen-bond acceptors (Lipinski definition) is 3. The summed E-state index contributed by atoms with van der Waals surface area (Å²) < 4.78 is 4.75. The van der Waals surface area contributed by atoms with E-state index in [1.54, 1.807) is 36.4 Å². The zero-order valence-corrected chi connectivity index (χ0v) is 11.2. The molecule has 0 aliphatic carbocycles. The lowest BCUT2D eigenvalue weighted by atomic mass is 9.97. The quantitative estimate of drug-likeness (QED) is 0.479. The number of fused-ring (bicyclic) bond motifs is 1. The molecule has 2 aromatic carbocycles. The van der Waals surface area contributed by atoms with Crippen LogP contribution in [0.3, 0.4) is 0 Å². The van der Waals surface area contributed by atoms with Crippen LogP contribution in [0, 0.1) is 0 Å². The summed E-state index contributed by atoms with van der Waals surface area (Å²) in [6.45, 7) is 0. The van der Waals surface area contributed by atoms with Gasteiger partial charge in [0, 0.05) is 5.56 Å². The van der Waals surface area contributed by atoms with Crippen molar-refractivity contribution in [3.63, 3.8) is 0 Å². The molecule has 2 aromatic rings. The summed E-state index contributed by atoms with van der Waals surface area (Å²) in [5.41, 5.74) is 2.44. The second-order valence-electron chi connectivity index (χ2n) is 4.57. The van der Waals surface area contributed by atoms with E-state index in [-0.39, 0.29) is 0 Å². The fraction of sp³-hybridized carbons (Fsp3) is 0. The number of esters is 2. The van der Waals surface area contributed by atoms with Gasteiger partial charge in [-0.3, -0.25) is 0 Å². The molecule has 0 radical (unpaired) electrons. The summed E-state index contributed by atoms with van der Waals surface area (Å²) in [4.78, 5) is 23.5. The Labute approximate surface area is 122 Å². The normalized spacial score (nSPS) is 16.1. The molecule has 102 valence electrons. The van der Waals surface area contributed by atoms with Crippen molar-refractivity contribution >= 4 is 23.6 Å². The van der Waals surface area contributed by atoms with Crippen molar-refractivity contribution in [2.24, 2.45) is 0 Å². The van der Waals surface area contributed by atoms with E-state index in [9.17, 15) is 9.59 Å². The molecule has 0 saturated heterocycles. The van der Waals surface area contributed by atoms with Gasteiger partial charge in [0.25, 0.3) is 0 Å². The lowest BCUT2D eigenvalue weighted by Gasteiger charge is -2.15. The summed E-state index contributed by atoms with van der Waals surface area (Å²) in [5.74, 6) is -1.21. The number of carbonyl (C=O) groups excluding carboxylic acids is 2. The lowest BCUT2D eigenvalue weighted by molar-refractivity contribution is -0.131. The Morgan fingerprint density at radius 2 is 1.43 bits per heavy atom. The van der Waals surface area contributed by atoms with Crippen LogP contribution in [-0.2, 0) is 9.53 Å². The maximum Gasteiger partial charge on any atom is 0.346 e. The van der Waals surface area contributed by atoms with Crippen LogP contribution in [0.2, 0.25) is 0 Å². The number of carbonyl (C=O) groups is 2. The van der Waals surface area contributed by atoms with E-state index in [1.165, 1.54) is 0 Å². The van der Waals surface area contributed by atoms with E-state index in [0.29, 0.717) is 16.7 Å². The van der Waals surface area contributed by atoms with Crippen LogP contribution in [0.25, 0.3) is 11.6 Å². The average molecular weight is 276 g/mol. The molecule has 0 spiro atoms. The Bertz CT molecular complexity index is 755. The highest BCUT2D eigenvalue weighted by atomic mass is 16.6. The van der Waals surface area contributed by atoms with Gasteiger partial charge in [0.1, 0.15) is 0 Å². The van der Waals surface area contributed by atoms with E-state index < -0.39 is 11.9 Å². The summed E-state index contributed by atoms with van der Waals surface area (Å²) in [6, 6.07) is 16.7. The van der Waals surface area contributed by atoms with Crippen molar-refractivity contribution in [2.45, 2.75) is 0 Å². The van der Waals surface area contributed by atoms with Gasteiger partial charge in [-0.05, 0) is 17.7 Å². The predicted molar refractivity (Wildman–Crippen MR) is 80.3 cm³/mol. The maximum atomic E-state index is 11.9. The number of cyclic esters (lactones) is 2. The summed E-state index contributed by atoms with van der Waals surface area (Å²) in [7, 11) is 0. The van der Waals surface area contributed by atoms with Crippen LogP contribution >= 0.6 is 0 Å². The molecule has 1 aliphatic heterocycles. The third-order valence-electron chi connectivity index (χ3n) is 3.19. The monoisotopic (exact) mass is 276 g/mol. The Balaban J connectivity index is 1.96. The smallest absolute Gasteiger partial charge is 0.346 e. The molecule has 3 rings (SSSR count). The minimum atomic E-state index is -0.614. The maximum absolute atomic E-state index is 11.9. The van der Waals surface area contributed by atoms with Gasteiger partial charge < -0.3 is 4.74 Å². The summed E-state index contributed by atoms with van der Waals surface area (Å²) in [6.07, 6.45) is 5.33. The molecule has 0 fully saturated rings. The minimum Gasteiger partial charge on any atom is -0.386 e. The molecule has 0 aromatic heterocycles. The van der Waals surface area contributed by atoms with Gasteiger partial charge in [-0.1, -0.05) is 60.7 Å². The highest BCUT2D eigenvalue weighted by Crippen LogP contribution is 2.26. The molecule has 1 heterocycles. The fourth-order valence-corrected chi connectivity index (χ4v) is 2.18. The van der Waals surface area contributed by atoms with E-state index in [2.05, 4.69) is 0 Å². The van der Waals surface area contributed by atoms with E-state index in [0.717, 1.165) is 5.56 Å². The second-order valence-corrected chi connectivity index (χ2v) is 4.57. The summed E-state index contributed by atoms with van der Waals surface area (Å²) in [5, 5.41) is 0. The standard InChI is InChI=1S/C18H12O3/c19-17-15-11-5-4-10-14(15)16(18(20)21-17)12-6-9-13-7-2-1-3-8-13/h1-12H. The zero-order chi connectivity index (χ0) is 14.7. The number of ether oxygens (including phenoxy) is 1. The van der Waals surface area contributed by atoms with Gasteiger partial charge in [-0.2, -0.15) is 0 Å². The third-order valence-corrected chi connectivity index (χ3v) is 3.19. The van der Waals surface area contributed by atoms with Crippen molar-refractivity contribution in [3.8, 4) is 0 Å². The van der Waals surface area contributed by atoms with Gasteiger partial charge in [0.2, 0.25) is 0 Å². The largest absolute Gasteiger partial charge is 0.386 e. The molecule has 0 bridgehead atoms. The molecule has 0 saturated carbocycles. The number of benzene rings is 2. The van der Waals surface area contributed by atoms with Crippen LogP contribution in [-0.4, -0.2) is 11.9 Å². The molecule has 0 amide bonds. The average Bonchev–Trinajstić information content (AvgIpc) is 2.51. The predicted octanol–water partition coefficient (Wildman–Crippen LogP) is 3.48. The van der Waals surface area contributed by atoms with Crippen molar-refractivity contribution in [1.29, 1.82) is 0 Å². The Morgan fingerprint density at radius 3 is 2.19 bits per heavy atom. The number of rotatable bonds is 2. The second kappa shape index (κ2) is 5.59. The van der Waals surface area contributed by atoms with Crippen LogP contribution < -0.4 is 0 Å². The van der Waals surface area contributed by atoms with Crippen molar-refractivity contribution in [1.82, 2.24) is 0 Å². The van der Waals surface area contributed by atoms with Crippen LogP contribution in [0.4, 0.5) is 0 Å². The Kier molecular flexibility index (Phi) is 3.48. The van der Waals surface area contributed by atoms with Gasteiger partial charge in [-0.15, -0.1) is 0 Å². The molecule has 1 aliphatic rings. The minimum absolute atomic E-state index is 0.386. The van der Waals surface area contributed by atoms with Crippen LogP contribution in [0.1, 0.15) is 21.5 Å². The molecule has 21 heavy (non-hydrogen) atoms. The molecule has 3 heteroatoms. The SMILES string of the molecule is O=C1OC(=O)c2ccccc2C1=CC=Cc1ccccc1. The van der Waals surface area contributed by atoms with Gasteiger partial charge >= 0.3 is 11.9 Å². The molecular formula is C18H12O3.